The summed E-state index contributed by atoms with van der Waals surface area (Å²) in [4.78, 5) is -2.22. The van der Waals surface area contributed by atoms with Gasteiger partial charge in [-0.1, -0.05) is 12.2 Å². The van der Waals surface area contributed by atoms with Crippen molar-refractivity contribution in [3.8, 4) is 0 Å². The number of aliphatic hydroxyl groups is 1. The Morgan fingerprint density at radius 3 is 2.25 bits per heavy atom. The van der Waals surface area contributed by atoms with Crippen LogP contribution in [0.25, 0.3) is 0 Å². The second-order valence-corrected chi connectivity index (χ2v) is 7.60. The lowest BCUT2D eigenvalue weighted by Crippen LogP contribution is -2.45. The number of aliphatic hydroxyl groups excluding tert-OH is 1. The Balaban J connectivity index is 2.57. The predicted molar refractivity (Wildman–Crippen MR) is 69.8 cm³/mol. The molecule has 2 rings (SSSR count). The van der Waals surface area contributed by atoms with Crippen LogP contribution in [-0.2, 0) is 20.2 Å². The van der Waals surface area contributed by atoms with Gasteiger partial charge in [-0.05, 0) is 23.8 Å². The van der Waals surface area contributed by atoms with Crippen LogP contribution >= 0.6 is 0 Å². The zero-order valence-electron chi connectivity index (χ0n) is 9.83. The molecule has 2 atom stereocenters. The van der Waals surface area contributed by atoms with Gasteiger partial charge in [0, 0.05) is 5.57 Å². The third-order valence-corrected chi connectivity index (χ3v) is 5.04. The largest absolute Gasteiger partial charge is 0.508 e. The van der Waals surface area contributed by atoms with Crippen molar-refractivity contribution >= 4 is 20.2 Å². The maximum atomic E-state index is 11.2. The summed E-state index contributed by atoms with van der Waals surface area (Å²) in [7, 11) is -9.10. The molecule has 0 bridgehead atoms. The van der Waals surface area contributed by atoms with Gasteiger partial charge in [-0.25, -0.2) is 0 Å². The van der Waals surface area contributed by atoms with Crippen molar-refractivity contribution < 1.29 is 31.0 Å². The molecule has 2 aliphatic carbocycles. The van der Waals surface area contributed by atoms with Crippen molar-refractivity contribution in [2.24, 2.45) is 5.73 Å². The van der Waals surface area contributed by atoms with E-state index in [1.54, 1.807) is 0 Å². The molecule has 0 saturated heterocycles. The van der Waals surface area contributed by atoms with Crippen molar-refractivity contribution in [3.05, 3.63) is 47.3 Å². The van der Waals surface area contributed by atoms with E-state index in [2.05, 4.69) is 0 Å². The van der Waals surface area contributed by atoms with Crippen molar-refractivity contribution in [3.63, 3.8) is 0 Å². The molecule has 0 heterocycles. The van der Waals surface area contributed by atoms with Gasteiger partial charge in [0.15, 0.2) is 4.87 Å². The summed E-state index contributed by atoms with van der Waals surface area (Å²) in [6.45, 7) is 0. The van der Waals surface area contributed by atoms with E-state index in [1.165, 1.54) is 0 Å². The van der Waals surface area contributed by atoms with E-state index in [9.17, 15) is 21.9 Å². The normalized spacial score (nSPS) is 30.1. The topological polar surface area (TPSA) is 155 Å². The van der Waals surface area contributed by atoms with E-state index in [1.807, 2.05) is 0 Å². The van der Waals surface area contributed by atoms with Crippen LogP contribution in [0.3, 0.4) is 0 Å². The van der Waals surface area contributed by atoms with Crippen LogP contribution in [0.2, 0.25) is 0 Å². The van der Waals surface area contributed by atoms with Crippen LogP contribution in [0.4, 0.5) is 0 Å². The minimum atomic E-state index is -4.66. The summed E-state index contributed by atoms with van der Waals surface area (Å²) in [5, 5.41) is 8.30. The highest BCUT2D eigenvalue weighted by molar-refractivity contribution is 7.87. The molecule has 0 radical (unpaired) electrons. The van der Waals surface area contributed by atoms with Crippen LogP contribution in [-0.4, -0.2) is 41.2 Å². The molecule has 2 aliphatic rings. The third kappa shape index (κ3) is 2.43. The summed E-state index contributed by atoms with van der Waals surface area (Å²) in [5.74, 6) is -0.562. The molecule has 8 nitrogen and oxygen atoms in total. The van der Waals surface area contributed by atoms with E-state index in [0.29, 0.717) is 0 Å². The van der Waals surface area contributed by atoms with Crippen molar-refractivity contribution in [1.29, 1.82) is 0 Å². The molecule has 0 aromatic heterocycles. The van der Waals surface area contributed by atoms with Gasteiger partial charge in [-0.2, -0.15) is 16.8 Å². The lowest BCUT2D eigenvalue weighted by molar-refractivity contribution is 0.417. The van der Waals surface area contributed by atoms with Gasteiger partial charge in [0.05, 0.1) is 0 Å². The molecule has 0 spiro atoms. The maximum Gasteiger partial charge on any atom is 0.291 e. The highest BCUT2D eigenvalue weighted by atomic mass is 32.2. The van der Waals surface area contributed by atoms with Crippen LogP contribution in [0.1, 0.15) is 0 Å². The van der Waals surface area contributed by atoms with Gasteiger partial charge < -0.3 is 10.8 Å². The fraction of sp³-hybridized carbons (Fsp3) is 0.200. The Morgan fingerprint density at radius 2 is 1.75 bits per heavy atom. The number of fused-ring (bicyclic) bond motifs is 1. The number of nitrogens with two attached hydrogens (primary N) is 1. The van der Waals surface area contributed by atoms with E-state index in [0.717, 1.165) is 30.4 Å². The second kappa shape index (κ2) is 4.27. The van der Waals surface area contributed by atoms with Crippen molar-refractivity contribution in [2.45, 2.75) is 10.1 Å². The molecule has 0 aromatic carbocycles. The molecular formula is C10H11NO7S2. The molecule has 0 aliphatic heterocycles. The lowest BCUT2D eigenvalue weighted by Gasteiger charge is -2.27. The van der Waals surface area contributed by atoms with E-state index < -0.39 is 36.1 Å². The smallest absolute Gasteiger partial charge is 0.291 e. The summed E-state index contributed by atoms with van der Waals surface area (Å²) in [6.07, 6.45) is 4.91. The number of hydrogen-bond donors (Lipinski definition) is 4. The zero-order valence-corrected chi connectivity index (χ0v) is 11.5. The SMILES string of the molecule is NC1(S(=O)(=O)O)C=CC2=CC(S(=O)(=O)O)C=C(O)C2=C1. The van der Waals surface area contributed by atoms with Gasteiger partial charge in [0.1, 0.15) is 11.0 Å². The molecule has 110 valence electrons. The lowest BCUT2D eigenvalue weighted by atomic mass is 9.91. The van der Waals surface area contributed by atoms with E-state index in [4.69, 9.17) is 14.8 Å². The fourth-order valence-electron chi connectivity index (χ4n) is 1.84. The standard InChI is InChI=1S/C10H11NO7S2/c11-10(20(16,17)18)2-1-6-3-7(19(13,14)15)4-9(12)8(6)5-10/h1-5,7,12H,11H2,(H,13,14,15)(H,16,17,18). The highest BCUT2D eigenvalue weighted by Gasteiger charge is 2.39. The van der Waals surface area contributed by atoms with Gasteiger partial charge in [-0.15, -0.1) is 0 Å². The molecule has 2 unspecified atom stereocenters. The maximum absolute atomic E-state index is 11.2. The zero-order chi connectivity index (χ0) is 15.3. The fourth-order valence-corrected chi connectivity index (χ4v) is 2.96. The van der Waals surface area contributed by atoms with Gasteiger partial charge in [0.2, 0.25) is 0 Å². The summed E-state index contributed by atoms with van der Waals surface area (Å²) >= 11 is 0. The average molecular weight is 321 g/mol. The minimum absolute atomic E-state index is 0.0486. The van der Waals surface area contributed by atoms with Crippen molar-refractivity contribution in [2.75, 3.05) is 0 Å². The summed E-state index contributed by atoms with van der Waals surface area (Å²) < 4.78 is 62.5. The molecule has 0 fully saturated rings. The molecule has 20 heavy (non-hydrogen) atoms. The third-order valence-electron chi connectivity index (χ3n) is 2.94. The van der Waals surface area contributed by atoms with Crippen LogP contribution < -0.4 is 5.73 Å². The first-order valence-electron chi connectivity index (χ1n) is 5.22. The molecule has 0 saturated carbocycles. The van der Waals surface area contributed by atoms with E-state index in [-0.39, 0.29) is 11.1 Å². The molecule has 0 amide bonds. The Labute approximate surface area is 115 Å². The summed E-state index contributed by atoms with van der Waals surface area (Å²) in [6, 6.07) is 0. The second-order valence-electron chi connectivity index (χ2n) is 4.37. The van der Waals surface area contributed by atoms with Gasteiger partial charge in [-0.3, -0.25) is 9.11 Å². The number of allylic oxidation sites excluding steroid dienone is 2. The quantitative estimate of drug-likeness (QED) is 0.504. The van der Waals surface area contributed by atoms with E-state index >= 15 is 0 Å². The average Bonchev–Trinajstić information content (AvgIpc) is 2.27. The highest BCUT2D eigenvalue weighted by Crippen LogP contribution is 2.34. The van der Waals surface area contributed by atoms with Crippen LogP contribution in [0.5, 0.6) is 0 Å². The van der Waals surface area contributed by atoms with Crippen molar-refractivity contribution in [1.82, 2.24) is 0 Å². The Hall–Kier alpha value is -1.46. The van der Waals surface area contributed by atoms with Crippen LogP contribution in [0.15, 0.2) is 47.3 Å². The molecular weight excluding hydrogens is 310 g/mol. The van der Waals surface area contributed by atoms with Gasteiger partial charge >= 0.3 is 0 Å². The summed E-state index contributed by atoms with van der Waals surface area (Å²) in [5.41, 5.74) is 5.61. The Bertz CT molecular complexity index is 785. The number of rotatable bonds is 2. The Kier molecular flexibility index (Phi) is 3.19. The first-order chi connectivity index (χ1) is 8.94. The first kappa shape index (κ1) is 14.9. The molecule has 10 heteroatoms. The van der Waals surface area contributed by atoms with Crippen LogP contribution in [0, 0.1) is 0 Å². The predicted octanol–water partition coefficient (Wildman–Crippen LogP) is -0.336. The monoisotopic (exact) mass is 321 g/mol. The Morgan fingerprint density at radius 1 is 1.15 bits per heavy atom. The minimum Gasteiger partial charge on any atom is -0.508 e. The van der Waals surface area contributed by atoms with Gasteiger partial charge in [0.25, 0.3) is 20.2 Å². The number of hydrogen-bond acceptors (Lipinski definition) is 6. The first-order valence-corrected chi connectivity index (χ1v) is 8.16. The molecule has 5 N–H and O–H groups in total. The molecule has 0 aromatic rings.